The van der Waals surface area contributed by atoms with Crippen LogP contribution >= 0.6 is 0 Å². The lowest BCUT2D eigenvalue weighted by atomic mass is 10.1. The predicted octanol–water partition coefficient (Wildman–Crippen LogP) is 2.85. The van der Waals surface area contributed by atoms with Gasteiger partial charge in [0.05, 0.1) is 0 Å². The first-order valence-corrected chi connectivity index (χ1v) is 10.9. The summed E-state index contributed by atoms with van der Waals surface area (Å²) in [5, 5.41) is 3.46. The van der Waals surface area contributed by atoms with E-state index in [-0.39, 0.29) is 11.7 Å². The van der Waals surface area contributed by atoms with Gasteiger partial charge in [-0.2, -0.15) is 0 Å². The molecule has 2 aliphatic rings. The first-order chi connectivity index (χ1) is 15.1. The molecule has 0 saturated carbocycles. The van der Waals surface area contributed by atoms with Crippen LogP contribution in [-0.2, 0) is 17.9 Å². The highest BCUT2D eigenvalue weighted by Gasteiger charge is 2.21. The number of nitrogens with zero attached hydrogens (tertiary/aromatic N) is 4. The van der Waals surface area contributed by atoms with Crippen molar-refractivity contribution in [1.82, 2.24) is 15.1 Å². The highest BCUT2D eigenvalue weighted by molar-refractivity contribution is 5.80. The van der Waals surface area contributed by atoms with Gasteiger partial charge in [0.25, 0.3) is 0 Å². The summed E-state index contributed by atoms with van der Waals surface area (Å²) in [6, 6.07) is 15.1. The van der Waals surface area contributed by atoms with E-state index in [1.54, 1.807) is 0 Å². The van der Waals surface area contributed by atoms with Gasteiger partial charge in [-0.3, -0.25) is 9.79 Å². The average Bonchev–Trinajstić information content (AvgIpc) is 3.20. The average molecular weight is 424 g/mol. The van der Waals surface area contributed by atoms with Crippen molar-refractivity contribution in [3.63, 3.8) is 0 Å². The molecule has 0 spiro atoms. The van der Waals surface area contributed by atoms with Gasteiger partial charge in [-0.25, -0.2) is 4.39 Å². The maximum absolute atomic E-state index is 13.2. The molecule has 0 radical (unpaired) electrons. The summed E-state index contributed by atoms with van der Waals surface area (Å²) in [5.74, 6) is 0.948. The Morgan fingerprint density at radius 3 is 2.26 bits per heavy atom. The highest BCUT2D eigenvalue weighted by Crippen LogP contribution is 2.17. The molecule has 2 saturated heterocycles. The van der Waals surface area contributed by atoms with Gasteiger partial charge in [0.15, 0.2) is 5.96 Å². The van der Waals surface area contributed by atoms with Crippen LogP contribution in [0.3, 0.4) is 0 Å². The smallest absolute Gasteiger partial charge is 0.222 e. The number of nitrogens with one attached hydrogen (secondary N) is 1. The quantitative estimate of drug-likeness (QED) is 0.594. The Labute approximate surface area is 183 Å². The Morgan fingerprint density at radius 2 is 1.65 bits per heavy atom. The maximum Gasteiger partial charge on any atom is 0.222 e. The number of carbonyl (C=O) groups excluding carboxylic acids is 1. The number of amides is 1. The molecule has 2 aromatic carbocycles. The van der Waals surface area contributed by atoms with Gasteiger partial charge < -0.3 is 20.0 Å². The lowest BCUT2D eigenvalue weighted by molar-refractivity contribution is -0.128. The zero-order chi connectivity index (χ0) is 21.6. The Bertz CT molecular complexity index is 905. The van der Waals surface area contributed by atoms with Crippen molar-refractivity contribution in [1.29, 1.82) is 0 Å². The molecule has 2 fully saturated rings. The maximum atomic E-state index is 13.2. The number of likely N-dealkylation sites (tertiary alicyclic amines) is 1. The number of hydrogen-bond acceptors (Lipinski definition) is 3. The number of halogens is 1. The predicted molar refractivity (Wildman–Crippen MR) is 121 cm³/mol. The SMILES string of the molecule is CN=C(NCc1ccc(CN2CCCC2=O)cc1)N1CCN(c2ccc(F)cc2)CC1. The van der Waals surface area contributed by atoms with Gasteiger partial charge in [0.1, 0.15) is 5.82 Å². The van der Waals surface area contributed by atoms with Crippen molar-refractivity contribution in [2.24, 2.45) is 4.99 Å². The minimum Gasteiger partial charge on any atom is -0.368 e. The summed E-state index contributed by atoms with van der Waals surface area (Å²) in [6.45, 7) is 5.74. The van der Waals surface area contributed by atoms with Crippen molar-refractivity contribution in [2.75, 3.05) is 44.7 Å². The Balaban J connectivity index is 1.26. The fourth-order valence-electron chi connectivity index (χ4n) is 4.20. The molecule has 7 heteroatoms. The van der Waals surface area contributed by atoms with Crippen LogP contribution in [0.4, 0.5) is 10.1 Å². The van der Waals surface area contributed by atoms with E-state index in [4.69, 9.17) is 0 Å². The van der Waals surface area contributed by atoms with Crippen molar-refractivity contribution in [3.8, 4) is 0 Å². The van der Waals surface area contributed by atoms with E-state index in [1.807, 2.05) is 24.1 Å². The summed E-state index contributed by atoms with van der Waals surface area (Å²) < 4.78 is 13.2. The fraction of sp³-hybridized carbons (Fsp3) is 0.417. The number of benzene rings is 2. The second kappa shape index (κ2) is 9.81. The van der Waals surface area contributed by atoms with Gasteiger partial charge in [0, 0.05) is 65.0 Å². The fourth-order valence-corrected chi connectivity index (χ4v) is 4.20. The number of rotatable bonds is 5. The van der Waals surface area contributed by atoms with Crippen LogP contribution in [0.5, 0.6) is 0 Å². The number of piperazine rings is 1. The van der Waals surface area contributed by atoms with Crippen LogP contribution < -0.4 is 10.2 Å². The van der Waals surface area contributed by atoms with Crippen molar-refractivity contribution < 1.29 is 9.18 Å². The number of anilines is 1. The molecule has 1 amide bonds. The standard InChI is InChI=1S/C24H30FN5O/c1-26-24(29-15-13-28(14-16-29)22-10-8-21(25)9-11-22)27-17-19-4-6-20(7-5-19)18-30-12-2-3-23(30)31/h4-11H,2-3,12-18H2,1H3,(H,26,27). The molecule has 6 nitrogen and oxygen atoms in total. The molecule has 0 unspecified atom stereocenters. The third-order valence-corrected chi connectivity index (χ3v) is 6.00. The van der Waals surface area contributed by atoms with E-state index in [9.17, 15) is 9.18 Å². The lowest BCUT2D eigenvalue weighted by Gasteiger charge is -2.37. The first kappa shape index (κ1) is 21.2. The molecule has 164 valence electrons. The monoisotopic (exact) mass is 423 g/mol. The second-order valence-electron chi connectivity index (χ2n) is 8.09. The van der Waals surface area contributed by atoms with Crippen LogP contribution in [0, 0.1) is 5.82 Å². The molecule has 0 bridgehead atoms. The summed E-state index contributed by atoms with van der Waals surface area (Å²) in [5.41, 5.74) is 3.41. The molecule has 0 aliphatic carbocycles. The van der Waals surface area contributed by atoms with Gasteiger partial charge in [-0.05, 0) is 41.8 Å². The van der Waals surface area contributed by atoms with Crippen LogP contribution in [0.25, 0.3) is 0 Å². The van der Waals surface area contributed by atoms with E-state index in [0.29, 0.717) is 19.5 Å². The Hall–Kier alpha value is -3.09. The molecular formula is C24H30FN5O. The zero-order valence-electron chi connectivity index (χ0n) is 18.1. The summed E-state index contributed by atoms with van der Waals surface area (Å²) >= 11 is 0. The minimum absolute atomic E-state index is 0.204. The number of guanidine groups is 1. The third-order valence-electron chi connectivity index (χ3n) is 6.00. The third kappa shape index (κ3) is 5.34. The Morgan fingerprint density at radius 1 is 0.968 bits per heavy atom. The number of aliphatic imine (C=N–C) groups is 1. The van der Waals surface area contributed by atoms with Crippen LogP contribution in [0.15, 0.2) is 53.5 Å². The molecule has 0 atom stereocenters. The molecule has 0 aromatic heterocycles. The summed E-state index contributed by atoms with van der Waals surface area (Å²) in [6.07, 6.45) is 1.65. The first-order valence-electron chi connectivity index (χ1n) is 10.9. The molecule has 4 rings (SSSR count). The molecule has 2 heterocycles. The topological polar surface area (TPSA) is 51.2 Å². The molecule has 2 aromatic rings. The van der Waals surface area contributed by atoms with Gasteiger partial charge in [-0.15, -0.1) is 0 Å². The van der Waals surface area contributed by atoms with Crippen LogP contribution in [0.2, 0.25) is 0 Å². The van der Waals surface area contributed by atoms with E-state index < -0.39 is 0 Å². The number of hydrogen-bond donors (Lipinski definition) is 1. The lowest BCUT2D eigenvalue weighted by Crippen LogP contribution is -2.52. The van der Waals surface area contributed by atoms with E-state index in [1.165, 1.54) is 23.3 Å². The van der Waals surface area contributed by atoms with E-state index >= 15 is 0 Å². The highest BCUT2D eigenvalue weighted by atomic mass is 19.1. The Kier molecular flexibility index (Phi) is 6.70. The summed E-state index contributed by atoms with van der Waals surface area (Å²) in [4.78, 5) is 22.7. The van der Waals surface area contributed by atoms with E-state index in [0.717, 1.165) is 50.8 Å². The van der Waals surface area contributed by atoms with Crippen molar-refractivity contribution >= 4 is 17.6 Å². The number of carbonyl (C=O) groups is 1. The van der Waals surface area contributed by atoms with Gasteiger partial charge in [-0.1, -0.05) is 24.3 Å². The van der Waals surface area contributed by atoms with Crippen molar-refractivity contribution in [2.45, 2.75) is 25.9 Å². The molecule has 1 N–H and O–H groups in total. The van der Waals surface area contributed by atoms with Gasteiger partial charge in [0.2, 0.25) is 5.91 Å². The van der Waals surface area contributed by atoms with Crippen LogP contribution in [0.1, 0.15) is 24.0 Å². The molecular weight excluding hydrogens is 393 g/mol. The minimum atomic E-state index is -0.204. The van der Waals surface area contributed by atoms with Crippen LogP contribution in [-0.4, -0.2) is 61.4 Å². The normalized spacial score (nSPS) is 17.4. The van der Waals surface area contributed by atoms with Crippen molar-refractivity contribution in [3.05, 3.63) is 65.5 Å². The van der Waals surface area contributed by atoms with Gasteiger partial charge >= 0.3 is 0 Å². The largest absolute Gasteiger partial charge is 0.368 e. The summed E-state index contributed by atoms with van der Waals surface area (Å²) in [7, 11) is 1.81. The van der Waals surface area contributed by atoms with E-state index in [2.05, 4.69) is 44.4 Å². The molecule has 2 aliphatic heterocycles. The molecule has 31 heavy (non-hydrogen) atoms. The second-order valence-corrected chi connectivity index (χ2v) is 8.09. The zero-order valence-corrected chi connectivity index (χ0v) is 18.1.